The summed E-state index contributed by atoms with van der Waals surface area (Å²) in [4.78, 5) is 13.5. The predicted molar refractivity (Wildman–Crippen MR) is 88.0 cm³/mol. The highest BCUT2D eigenvalue weighted by atomic mass is 16.1. The quantitative estimate of drug-likeness (QED) is 0.884. The largest absolute Gasteiger partial charge is 0.309 e. The van der Waals surface area contributed by atoms with Crippen molar-refractivity contribution in [1.82, 2.24) is 24.5 Å². The molecular formula is C16H24N6O. The molecule has 0 saturated carbocycles. The number of carbonyl (C=O) groups is 1. The number of likely N-dealkylation sites (tertiary alicyclic amines) is 1. The van der Waals surface area contributed by atoms with Crippen molar-refractivity contribution in [2.75, 3.05) is 18.4 Å². The lowest BCUT2D eigenvalue weighted by atomic mass is 10.3. The lowest BCUT2D eigenvalue weighted by Gasteiger charge is -2.15. The summed E-state index contributed by atoms with van der Waals surface area (Å²) in [6.45, 7) is 7.59. The zero-order valence-electron chi connectivity index (χ0n) is 13.8. The molecule has 0 radical (unpaired) electrons. The van der Waals surface area contributed by atoms with Gasteiger partial charge in [-0.25, -0.2) is 0 Å². The summed E-state index contributed by atoms with van der Waals surface area (Å²) in [5.41, 5.74) is 1.26. The van der Waals surface area contributed by atoms with Crippen molar-refractivity contribution in [3.63, 3.8) is 0 Å². The normalized spacial score (nSPS) is 18.4. The minimum atomic E-state index is -0.0904. The molecule has 7 heteroatoms. The van der Waals surface area contributed by atoms with Gasteiger partial charge in [-0.2, -0.15) is 10.2 Å². The van der Waals surface area contributed by atoms with Crippen LogP contribution in [-0.4, -0.2) is 43.5 Å². The van der Waals surface area contributed by atoms with Crippen LogP contribution in [0.25, 0.3) is 0 Å². The average molecular weight is 316 g/mol. The average Bonchev–Trinajstić information content (AvgIpc) is 3.20. The van der Waals surface area contributed by atoms with E-state index in [0.717, 1.165) is 39.0 Å². The molecule has 1 unspecified atom stereocenters. The van der Waals surface area contributed by atoms with E-state index in [0.29, 0.717) is 11.9 Å². The Morgan fingerprint density at radius 2 is 2.35 bits per heavy atom. The third kappa shape index (κ3) is 3.98. The second-order valence-electron chi connectivity index (χ2n) is 6.15. The maximum atomic E-state index is 11.1. The Morgan fingerprint density at radius 3 is 3.13 bits per heavy atom. The zero-order valence-corrected chi connectivity index (χ0v) is 13.8. The third-order valence-electron chi connectivity index (χ3n) is 4.08. The topological polar surface area (TPSA) is 68.0 Å². The first-order valence-corrected chi connectivity index (χ1v) is 8.20. The molecule has 0 spiro atoms. The fourth-order valence-electron chi connectivity index (χ4n) is 3.06. The van der Waals surface area contributed by atoms with Crippen LogP contribution < -0.4 is 5.32 Å². The fourth-order valence-corrected chi connectivity index (χ4v) is 3.06. The molecule has 1 N–H and O–H groups in total. The molecule has 124 valence electrons. The number of aromatic nitrogens is 4. The van der Waals surface area contributed by atoms with Gasteiger partial charge < -0.3 is 5.32 Å². The van der Waals surface area contributed by atoms with Crippen LogP contribution in [0.5, 0.6) is 0 Å². The molecule has 1 aliphatic rings. The van der Waals surface area contributed by atoms with E-state index in [1.807, 2.05) is 27.8 Å². The van der Waals surface area contributed by atoms with Crippen molar-refractivity contribution in [3.8, 4) is 0 Å². The highest BCUT2D eigenvalue weighted by molar-refractivity contribution is 5.87. The first-order valence-electron chi connectivity index (χ1n) is 8.20. The van der Waals surface area contributed by atoms with E-state index in [2.05, 4.69) is 33.5 Å². The summed E-state index contributed by atoms with van der Waals surface area (Å²) in [5.74, 6) is 0.532. The molecule has 2 aromatic rings. The predicted octanol–water partition coefficient (Wildman–Crippen LogP) is 1.89. The van der Waals surface area contributed by atoms with Crippen LogP contribution in [0.2, 0.25) is 0 Å². The Bertz CT molecular complexity index is 661. The van der Waals surface area contributed by atoms with E-state index in [9.17, 15) is 4.79 Å². The summed E-state index contributed by atoms with van der Waals surface area (Å²) in [5, 5.41) is 11.6. The van der Waals surface area contributed by atoms with Crippen LogP contribution in [-0.2, 0) is 17.9 Å². The van der Waals surface area contributed by atoms with E-state index in [1.54, 1.807) is 0 Å². The Balaban J connectivity index is 1.55. The molecule has 1 atom stereocenters. The van der Waals surface area contributed by atoms with Gasteiger partial charge in [0.05, 0.1) is 12.2 Å². The van der Waals surface area contributed by atoms with Crippen LogP contribution in [0.15, 0.2) is 24.7 Å². The van der Waals surface area contributed by atoms with Crippen molar-refractivity contribution in [3.05, 3.63) is 30.2 Å². The second-order valence-corrected chi connectivity index (χ2v) is 6.15. The highest BCUT2D eigenvalue weighted by Crippen LogP contribution is 2.23. The van der Waals surface area contributed by atoms with Crippen LogP contribution in [0.1, 0.15) is 38.3 Å². The summed E-state index contributed by atoms with van der Waals surface area (Å²) in [6.07, 6.45) is 8.22. The van der Waals surface area contributed by atoms with E-state index >= 15 is 0 Å². The molecule has 23 heavy (non-hydrogen) atoms. The summed E-state index contributed by atoms with van der Waals surface area (Å²) in [7, 11) is 0. The van der Waals surface area contributed by atoms with Crippen molar-refractivity contribution in [1.29, 1.82) is 0 Å². The summed E-state index contributed by atoms with van der Waals surface area (Å²) >= 11 is 0. The van der Waals surface area contributed by atoms with Gasteiger partial charge in [0.2, 0.25) is 5.91 Å². The molecule has 0 aromatic carbocycles. The van der Waals surface area contributed by atoms with Crippen LogP contribution in [0.3, 0.4) is 0 Å². The van der Waals surface area contributed by atoms with Gasteiger partial charge in [0.25, 0.3) is 0 Å². The lowest BCUT2D eigenvalue weighted by molar-refractivity contribution is -0.114. The molecular weight excluding hydrogens is 292 g/mol. The van der Waals surface area contributed by atoms with Gasteiger partial charge in [-0.05, 0) is 12.8 Å². The number of hydrogen-bond acceptors (Lipinski definition) is 4. The van der Waals surface area contributed by atoms with Crippen molar-refractivity contribution in [2.24, 2.45) is 0 Å². The van der Waals surface area contributed by atoms with Crippen molar-refractivity contribution >= 4 is 11.7 Å². The highest BCUT2D eigenvalue weighted by Gasteiger charge is 2.24. The van der Waals surface area contributed by atoms with E-state index < -0.39 is 0 Å². The number of rotatable bonds is 6. The molecule has 3 heterocycles. The summed E-state index contributed by atoms with van der Waals surface area (Å²) < 4.78 is 3.97. The van der Waals surface area contributed by atoms with Gasteiger partial charge in [-0.1, -0.05) is 6.92 Å². The van der Waals surface area contributed by atoms with Gasteiger partial charge in [0.15, 0.2) is 5.82 Å². The van der Waals surface area contributed by atoms with Crippen molar-refractivity contribution < 1.29 is 4.79 Å². The molecule has 1 saturated heterocycles. The Hall–Kier alpha value is -2.15. The SMILES string of the molecule is CCCn1cc(CN2CCC(n3ccc(NC(C)=O)n3)C2)cn1. The monoisotopic (exact) mass is 316 g/mol. The Morgan fingerprint density at radius 1 is 1.48 bits per heavy atom. The first kappa shape index (κ1) is 15.7. The number of anilines is 1. The standard InChI is InChI=1S/C16H24N6O/c1-3-6-21-11-14(9-17-21)10-20-7-4-15(12-20)22-8-5-16(19-22)18-13(2)23/h5,8-9,11,15H,3-4,6-7,10,12H2,1-2H3,(H,18,19,23). The van der Waals surface area contributed by atoms with Crippen molar-refractivity contribution in [2.45, 2.75) is 45.8 Å². The maximum Gasteiger partial charge on any atom is 0.222 e. The number of hydrogen-bond donors (Lipinski definition) is 1. The van der Waals surface area contributed by atoms with Crippen LogP contribution in [0, 0.1) is 0 Å². The fraction of sp³-hybridized carbons (Fsp3) is 0.562. The van der Waals surface area contributed by atoms with Gasteiger partial charge in [0.1, 0.15) is 0 Å². The molecule has 1 aliphatic heterocycles. The first-order chi connectivity index (χ1) is 11.1. The Kier molecular flexibility index (Phi) is 4.76. The number of carbonyl (C=O) groups excluding carboxylic acids is 1. The Labute approximate surface area is 136 Å². The number of nitrogens with zero attached hydrogens (tertiary/aromatic N) is 5. The number of amides is 1. The van der Waals surface area contributed by atoms with Crippen LogP contribution >= 0.6 is 0 Å². The zero-order chi connectivity index (χ0) is 16.2. The van der Waals surface area contributed by atoms with Crippen LogP contribution in [0.4, 0.5) is 5.82 Å². The molecule has 3 rings (SSSR count). The number of nitrogens with one attached hydrogen (secondary N) is 1. The molecule has 0 bridgehead atoms. The number of aryl methyl sites for hydroxylation is 1. The second kappa shape index (κ2) is 6.95. The molecule has 0 aliphatic carbocycles. The van der Waals surface area contributed by atoms with E-state index in [4.69, 9.17) is 0 Å². The minimum Gasteiger partial charge on any atom is -0.309 e. The molecule has 1 amide bonds. The molecule has 7 nitrogen and oxygen atoms in total. The summed E-state index contributed by atoms with van der Waals surface area (Å²) in [6, 6.07) is 2.21. The van der Waals surface area contributed by atoms with E-state index in [1.165, 1.54) is 12.5 Å². The lowest BCUT2D eigenvalue weighted by Crippen LogP contribution is -2.21. The minimum absolute atomic E-state index is 0.0904. The van der Waals surface area contributed by atoms with Gasteiger partial charge in [-0.15, -0.1) is 0 Å². The van der Waals surface area contributed by atoms with E-state index in [-0.39, 0.29) is 5.91 Å². The van der Waals surface area contributed by atoms with Gasteiger partial charge >= 0.3 is 0 Å². The molecule has 2 aromatic heterocycles. The van der Waals surface area contributed by atoms with Gasteiger partial charge in [-0.3, -0.25) is 19.1 Å². The maximum absolute atomic E-state index is 11.1. The third-order valence-corrected chi connectivity index (χ3v) is 4.08. The smallest absolute Gasteiger partial charge is 0.222 e. The molecule has 1 fully saturated rings. The van der Waals surface area contributed by atoms with Gasteiger partial charge in [0, 0.05) is 57.1 Å².